The number of rotatable bonds is 2. The number of halogens is 1. The van der Waals surface area contributed by atoms with Gasteiger partial charge in [0, 0.05) is 30.9 Å². The summed E-state index contributed by atoms with van der Waals surface area (Å²) < 4.78 is 3.08. The van der Waals surface area contributed by atoms with E-state index in [0.29, 0.717) is 5.92 Å². The van der Waals surface area contributed by atoms with Gasteiger partial charge in [-0.15, -0.1) is 0 Å². The van der Waals surface area contributed by atoms with E-state index in [9.17, 15) is 0 Å². The summed E-state index contributed by atoms with van der Waals surface area (Å²) in [5, 5.41) is 8.12. The highest BCUT2D eigenvalue weighted by molar-refractivity contribution is 9.10. The summed E-state index contributed by atoms with van der Waals surface area (Å²) in [6.07, 6.45) is 5.99. The van der Waals surface area contributed by atoms with E-state index in [1.54, 1.807) is 6.20 Å². The highest BCUT2D eigenvalue weighted by Crippen LogP contribution is 2.36. The number of aryl methyl sites for hydroxylation is 1. The topological polar surface area (TPSA) is 42.7 Å². The minimum absolute atomic E-state index is 0.548. The van der Waals surface area contributed by atoms with Crippen molar-refractivity contribution in [2.24, 2.45) is 7.05 Å². The summed E-state index contributed by atoms with van der Waals surface area (Å²) in [4.78, 5) is 4.19. The lowest BCUT2D eigenvalue weighted by Gasteiger charge is -2.21. The molecule has 2 aromatic rings. The normalized spacial score (nSPS) is 16.7. The molecule has 0 atom stereocenters. The highest BCUT2D eigenvalue weighted by Gasteiger charge is 2.24. The van der Waals surface area contributed by atoms with Crippen molar-refractivity contribution in [1.29, 1.82) is 0 Å². The number of nitrogens with one attached hydrogen (secondary N) is 1. The van der Waals surface area contributed by atoms with Crippen molar-refractivity contribution < 1.29 is 0 Å². The molecule has 3 rings (SSSR count). The summed E-state index contributed by atoms with van der Waals surface area (Å²) in [6, 6.07) is 4.03. The molecule has 0 saturated carbocycles. The summed E-state index contributed by atoms with van der Waals surface area (Å²) in [7, 11) is 2.00. The number of pyridine rings is 1. The molecule has 1 fully saturated rings. The van der Waals surface area contributed by atoms with E-state index in [1.165, 1.54) is 5.69 Å². The Hall–Kier alpha value is -1.20. The average molecular weight is 321 g/mol. The molecule has 1 aliphatic heterocycles. The number of piperidine rings is 1. The summed E-state index contributed by atoms with van der Waals surface area (Å²) in [5.41, 5.74) is 3.40. The van der Waals surface area contributed by atoms with Gasteiger partial charge < -0.3 is 5.32 Å². The molecule has 0 unspecified atom stereocenters. The molecule has 1 N–H and O–H groups in total. The third kappa shape index (κ3) is 2.44. The van der Waals surface area contributed by atoms with Crippen LogP contribution in [0.25, 0.3) is 11.3 Å². The number of hydrogen-bond donors (Lipinski definition) is 1. The first kappa shape index (κ1) is 12.8. The Morgan fingerprint density at radius 3 is 2.84 bits per heavy atom. The summed E-state index contributed by atoms with van der Waals surface area (Å²) >= 11 is 3.74. The molecule has 0 aliphatic carbocycles. The van der Waals surface area contributed by atoms with Crippen molar-refractivity contribution in [3.63, 3.8) is 0 Å². The largest absolute Gasteiger partial charge is 0.317 e. The van der Waals surface area contributed by atoms with Crippen molar-refractivity contribution in [2.45, 2.75) is 18.8 Å². The second-order valence-electron chi connectivity index (χ2n) is 4.94. The van der Waals surface area contributed by atoms with Crippen LogP contribution in [0.1, 0.15) is 24.5 Å². The lowest BCUT2D eigenvalue weighted by Crippen LogP contribution is -2.27. The Labute approximate surface area is 121 Å². The SMILES string of the molecule is Cn1nc(C2CCNCC2)c(Br)c1-c1cccnc1. The minimum atomic E-state index is 0.548. The van der Waals surface area contributed by atoms with Gasteiger partial charge in [0.25, 0.3) is 0 Å². The monoisotopic (exact) mass is 320 g/mol. The first-order valence-corrected chi connectivity index (χ1v) is 7.40. The second-order valence-corrected chi connectivity index (χ2v) is 5.73. The zero-order valence-electron chi connectivity index (χ0n) is 10.9. The second kappa shape index (κ2) is 5.43. The average Bonchev–Trinajstić information content (AvgIpc) is 2.76. The fraction of sp³-hybridized carbons (Fsp3) is 0.429. The van der Waals surface area contributed by atoms with Crippen LogP contribution in [0.4, 0.5) is 0 Å². The summed E-state index contributed by atoms with van der Waals surface area (Å²) in [6.45, 7) is 2.16. The Morgan fingerprint density at radius 2 is 2.16 bits per heavy atom. The minimum Gasteiger partial charge on any atom is -0.317 e. The fourth-order valence-corrected chi connectivity index (χ4v) is 3.58. The van der Waals surface area contributed by atoms with E-state index in [4.69, 9.17) is 5.10 Å². The van der Waals surface area contributed by atoms with Gasteiger partial charge >= 0.3 is 0 Å². The van der Waals surface area contributed by atoms with Gasteiger partial charge in [-0.3, -0.25) is 9.67 Å². The van der Waals surface area contributed by atoms with Gasteiger partial charge in [0.15, 0.2) is 0 Å². The molecular weight excluding hydrogens is 304 g/mol. The third-order valence-electron chi connectivity index (χ3n) is 3.67. The van der Waals surface area contributed by atoms with Gasteiger partial charge in [0.05, 0.1) is 15.9 Å². The summed E-state index contributed by atoms with van der Waals surface area (Å²) in [5.74, 6) is 0.548. The quantitative estimate of drug-likeness (QED) is 0.925. The van der Waals surface area contributed by atoms with Crippen molar-refractivity contribution >= 4 is 15.9 Å². The van der Waals surface area contributed by atoms with Gasteiger partial charge in [0.2, 0.25) is 0 Å². The van der Waals surface area contributed by atoms with Crippen molar-refractivity contribution in [3.05, 3.63) is 34.7 Å². The first-order chi connectivity index (χ1) is 9.27. The van der Waals surface area contributed by atoms with Crippen LogP contribution in [0.15, 0.2) is 29.0 Å². The van der Waals surface area contributed by atoms with Crippen LogP contribution in [0.2, 0.25) is 0 Å². The molecule has 3 heterocycles. The van der Waals surface area contributed by atoms with Crippen molar-refractivity contribution in [3.8, 4) is 11.3 Å². The molecule has 4 nitrogen and oxygen atoms in total. The first-order valence-electron chi connectivity index (χ1n) is 6.61. The van der Waals surface area contributed by atoms with Crippen LogP contribution in [-0.4, -0.2) is 27.9 Å². The number of hydrogen-bond acceptors (Lipinski definition) is 3. The van der Waals surface area contributed by atoms with Crippen LogP contribution in [0.3, 0.4) is 0 Å². The molecule has 0 amide bonds. The predicted octanol–water partition coefficient (Wildman–Crippen LogP) is 2.71. The van der Waals surface area contributed by atoms with Crippen LogP contribution in [0.5, 0.6) is 0 Å². The van der Waals surface area contributed by atoms with Gasteiger partial charge in [-0.1, -0.05) is 0 Å². The molecule has 19 heavy (non-hydrogen) atoms. The molecule has 1 aliphatic rings. The van der Waals surface area contributed by atoms with E-state index in [1.807, 2.05) is 24.0 Å². The lowest BCUT2D eigenvalue weighted by molar-refractivity contribution is 0.449. The zero-order chi connectivity index (χ0) is 13.2. The Morgan fingerprint density at radius 1 is 1.37 bits per heavy atom. The van der Waals surface area contributed by atoms with Crippen LogP contribution >= 0.6 is 15.9 Å². The molecule has 0 bridgehead atoms. The van der Waals surface area contributed by atoms with Crippen LogP contribution in [0, 0.1) is 0 Å². The number of aromatic nitrogens is 3. The molecule has 1 saturated heterocycles. The van der Waals surface area contributed by atoms with Gasteiger partial charge in [-0.25, -0.2) is 0 Å². The Bertz CT molecular complexity index is 558. The highest BCUT2D eigenvalue weighted by atomic mass is 79.9. The van der Waals surface area contributed by atoms with E-state index in [0.717, 1.165) is 41.7 Å². The molecule has 0 aromatic carbocycles. The molecule has 0 spiro atoms. The predicted molar refractivity (Wildman–Crippen MR) is 79.0 cm³/mol. The van der Waals surface area contributed by atoms with E-state index < -0.39 is 0 Å². The molecular formula is C14H17BrN4. The van der Waals surface area contributed by atoms with Crippen molar-refractivity contribution in [1.82, 2.24) is 20.1 Å². The fourth-order valence-electron chi connectivity index (χ4n) is 2.69. The molecule has 2 aromatic heterocycles. The Balaban J connectivity index is 2.00. The lowest BCUT2D eigenvalue weighted by atomic mass is 9.94. The maximum absolute atomic E-state index is 4.72. The smallest absolute Gasteiger partial charge is 0.0839 e. The van der Waals surface area contributed by atoms with E-state index >= 15 is 0 Å². The molecule has 0 radical (unpaired) electrons. The number of nitrogens with zero attached hydrogens (tertiary/aromatic N) is 3. The van der Waals surface area contributed by atoms with Gasteiger partial charge in [-0.2, -0.15) is 5.10 Å². The van der Waals surface area contributed by atoms with Crippen LogP contribution in [-0.2, 0) is 7.05 Å². The van der Waals surface area contributed by atoms with Crippen molar-refractivity contribution in [2.75, 3.05) is 13.1 Å². The van der Waals surface area contributed by atoms with Gasteiger partial charge in [0.1, 0.15) is 0 Å². The third-order valence-corrected chi connectivity index (χ3v) is 4.46. The maximum atomic E-state index is 4.72. The molecule has 5 heteroatoms. The zero-order valence-corrected chi connectivity index (χ0v) is 12.5. The maximum Gasteiger partial charge on any atom is 0.0839 e. The van der Waals surface area contributed by atoms with Crippen LogP contribution < -0.4 is 5.32 Å². The van der Waals surface area contributed by atoms with E-state index in [2.05, 4.69) is 32.3 Å². The Kier molecular flexibility index (Phi) is 3.66. The van der Waals surface area contributed by atoms with E-state index in [-0.39, 0.29) is 0 Å². The van der Waals surface area contributed by atoms with Gasteiger partial charge in [-0.05, 0) is 54.0 Å². The molecule has 100 valence electrons. The standard InChI is InChI=1S/C14H17BrN4/c1-19-14(11-3-2-6-17-9-11)12(15)13(18-19)10-4-7-16-8-5-10/h2-3,6,9-10,16H,4-5,7-8H2,1H3.